The number of benzene rings is 2. The zero-order valence-electron chi connectivity index (χ0n) is 17.9. The van der Waals surface area contributed by atoms with Crippen molar-refractivity contribution in [2.24, 2.45) is 0 Å². The molecule has 0 saturated carbocycles. The summed E-state index contributed by atoms with van der Waals surface area (Å²) in [5, 5.41) is 2.72. The van der Waals surface area contributed by atoms with Gasteiger partial charge in [-0.3, -0.25) is 4.79 Å². The first kappa shape index (κ1) is 22.3. The number of nitrogens with zero attached hydrogens (tertiary/aromatic N) is 1. The highest BCUT2D eigenvalue weighted by Gasteiger charge is 2.32. The van der Waals surface area contributed by atoms with Crippen molar-refractivity contribution in [2.75, 3.05) is 25.5 Å². The highest BCUT2D eigenvalue weighted by Crippen LogP contribution is 2.34. The molecule has 2 aliphatic heterocycles. The quantitative estimate of drug-likeness (QED) is 0.665. The molecular formula is C23H26N2O6S. The maximum Gasteiger partial charge on any atom is 0.339 e. The van der Waals surface area contributed by atoms with Gasteiger partial charge in [-0.05, 0) is 37.1 Å². The van der Waals surface area contributed by atoms with Crippen LogP contribution in [0.5, 0.6) is 5.75 Å². The molecule has 1 fully saturated rings. The van der Waals surface area contributed by atoms with Gasteiger partial charge in [0, 0.05) is 18.7 Å². The summed E-state index contributed by atoms with van der Waals surface area (Å²) in [6, 6.07) is 11.4. The molecule has 2 aliphatic rings. The third-order valence-electron chi connectivity index (χ3n) is 5.80. The van der Waals surface area contributed by atoms with Crippen LogP contribution in [0.25, 0.3) is 0 Å². The summed E-state index contributed by atoms with van der Waals surface area (Å²) in [7, 11) is -2.23. The van der Waals surface area contributed by atoms with Gasteiger partial charge in [-0.1, -0.05) is 31.0 Å². The number of methoxy groups -OCH3 is 1. The van der Waals surface area contributed by atoms with Crippen LogP contribution in [0, 0.1) is 0 Å². The molecule has 2 heterocycles. The molecular weight excluding hydrogens is 432 g/mol. The summed E-state index contributed by atoms with van der Waals surface area (Å²) in [5.74, 6) is -0.527. The molecule has 0 spiro atoms. The van der Waals surface area contributed by atoms with E-state index in [4.69, 9.17) is 9.47 Å². The van der Waals surface area contributed by atoms with Crippen molar-refractivity contribution in [3.05, 3.63) is 53.6 Å². The topological polar surface area (TPSA) is 102 Å². The van der Waals surface area contributed by atoms with Crippen molar-refractivity contribution in [3.8, 4) is 5.75 Å². The Balaban J connectivity index is 1.53. The number of esters is 1. The summed E-state index contributed by atoms with van der Waals surface area (Å²) >= 11 is 0. The molecule has 4 rings (SSSR count). The number of carbonyl (C=O) groups excluding carboxylic acids is 2. The van der Waals surface area contributed by atoms with Crippen molar-refractivity contribution in [3.63, 3.8) is 0 Å². The van der Waals surface area contributed by atoms with E-state index in [0.29, 0.717) is 30.0 Å². The van der Waals surface area contributed by atoms with E-state index >= 15 is 0 Å². The fraction of sp³-hybridized carbons (Fsp3) is 0.391. The minimum atomic E-state index is -3.68. The Hall–Kier alpha value is -2.91. The van der Waals surface area contributed by atoms with Gasteiger partial charge < -0.3 is 14.8 Å². The molecule has 1 N–H and O–H groups in total. The molecule has 0 aliphatic carbocycles. The largest absolute Gasteiger partial charge is 0.495 e. The van der Waals surface area contributed by atoms with E-state index in [1.807, 2.05) is 0 Å². The summed E-state index contributed by atoms with van der Waals surface area (Å²) in [6.07, 6.45) is 2.93. The molecule has 1 amide bonds. The number of sulfonamides is 1. The second-order valence-electron chi connectivity index (χ2n) is 7.91. The fourth-order valence-corrected chi connectivity index (χ4v) is 5.66. The lowest BCUT2D eigenvalue weighted by molar-refractivity contribution is -0.118. The van der Waals surface area contributed by atoms with Gasteiger partial charge >= 0.3 is 5.97 Å². The fourth-order valence-electron chi connectivity index (χ4n) is 4.12. The van der Waals surface area contributed by atoms with Gasteiger partial charge in [0.1, 0.15) is 11.9 Å². The molecule has 1 saturated heterocycles. The van der Waals surface area contributed by atoms with Crippen LogP contribution in [0.3, 0.4) is 0 Å². The van der Waals surface area contributed by atoms with Crippen LogP contribution in [0.4, 0.5) is 5.69 Å². The van der Waals surface area contributed by atoms with Crippen LogP contribution in [0.1, 0.15) is 54.1 Å². The molecule has 1 atom stereocenters. The maximum atomic E-state index is 13.1. The Morgan fingerprint density at radius 2 is 1.84 bits per heavy atom. The minimum absolute atomic E-state index is 0.0883. The van der Waals surface area contributed by atoms with Gasteiger partial charge in [0.2, 0.25) is 15.9 Å². The third-order valence-corrected chi connectivity index (χ3v) is 7.69. The first-order valence-electron chi connectivity index (χ1n) is 10.7. The van der Waals surface area contributed by atoms with Crippen molar-refractivity contribution in [2.45, 2.75) is 43.1 Å². The second kappa shape index (κ2) is 9.30. The Kier molecular flexibility index (Phi) is 6.48. The molecule has 32 heavy (non-hydrogen) atoms. The zero-order chi connectivity index (χ0) is 22.7. The lowest BCUT2D eigenvalue weighted by atomic mass is 10.0. The van der Waals surface area contributed by atoms with Gasteiger partial charge in [-0.2, -0.15) is 4.31 Å². The molecule has 0 radical (unpaired) electrons. The lowest BCUT2D eigenvalue weighted by Gasteiger charge is -2.21. The molecule has 8 nitrogen and oxygen atoms in total. The van der Waals surface area contributed by atoms with Gasteiger partial charge in [-0.25, -0.2) is 13.2 Å². The van der Waals surface area contributed by atoms with Gasteiger partial charge in [0.05, 0.1) is 29.7 Å². The Morgan fingerprint density at radius 3 is 2.56 bits per heavy atom. The van der Waals surface area contributed by atoms with E-state index in [2.05, 4.69) is 5.32 Å². The smallest absolute Gasteiger partial charge is 0.339 e. The van der Waals surface area contributed by atoms with Gasteiger partial charge in [0.25, 0.3) is 0 Å². The van der Waals surface area contributed by atoms with Crippen LogP contribution in [-0.4, -0.2) is 44.8 Å². The molecule has 2 aromatic carbocycles. The molecule has 0 unspecified atom stereocenters. The predicted octanol–water partition coefficient (Wildman–Crippen LogP) is 3.50. The lowest BCUT2D eigenvalue weighted by Crippen LogP contribution is -2.32. The summed E-state index contributed by atoms with van der Waals surface area (Å²) in [5.41, 5.74) is 1.37. The highest BCUT2D eigenvalue weighted by atomic mass is 32.2. The number of hydrogen-bond acceptors (Lipinski definition) is 6. The Morgan fingerprint density at radius 1 is 1.12 bits per heavy atom. The number of ether oxygens (including phenoxy) is 2. The van der Waals surface area contributed by atoms with Gasteiger partial charge in [-0.15, -0.1) is 0 Å². The Labute approximate surface area is 187 Å². The number of amides is 1. The van der Waals surface area contributed by atoms with Gasteiger partial charge in [0.15, 0.2) is 0 Å². The zero-order valence-corrected chi connectivity index (χ0v) is 18.7. The first-order valence-corrected chi connectivity index (χ1v) is 12.1. The normalized spacial score (nSPS) is 19.0. The summed E-state index contributed by atoms with van der Waals surface area (Å²) < 4.78 is 38.4. The number of rotatable bonds is 6. The second-order valence-corrected chi connectivity index (χ2v) is 9.85. The molecule has 170 valence electrons. The number of anilines is 1. The van der Waals surface area contributed by atoms with Crippen LogP contribution < -0.4 is 10.1 Å². The average Bonchev–Trinajstić information content (AvgIpc) is 2.96. The highest BCUT2D eigenvalue weighted by molar-refractivity contribution is 7.89. The SMILES string of the molecule is COc1ccc(S(=O)(=O)N2CCCCCC2)cc1NC(=O)C[C@H]1OC(=O)c2ccccc21. The van der Waals surface area contributed by atoms with E-state index in [0.717, 1.165) is 25.7 Å². The van der Waals surface area contributed by atoms with E-state index in [-0.39, 0.29) is 17.0 Å². The average molecular weight is 459 g/mol. The van der Waals surface area contributed by atoms with E-state index < -0.39 is 28.0 Å². The van der Waals surface area contributed by atoms with Crippen LogP contribution in [0.15, 0.2) is 47.4 Å². The standard InChI is InChI=1S/C23H26N2O6S/c1-30-20-11-10-16(32(28,29)25-12-6-2-3-7-13-25)14-19(20)24-22(26)15-21-17-8-4-5-9-18(17)23(27)31-21/h4-5,8-11,14,21H,2-3,6-7,12-13,15H2,1H3,(H,24,26)/t21-/m1/s1. The predicted molar refractivity (Wildman–Crippen MR) is 118 cm³/mol. The van der Waals surface area contributed by atoms with Crippen molar-refractivity contribution >= 4 is 27.6 Å². The molecule has 9 heteroatoms. The number of cyclic esters (lactones) is 1. The minimum Gasteiger partial charge on any atom is -0.495 e. The first-order chi connectivity index (χ1) is 15.4. The van der Waals surface area contributed by atoms with Crippen molar-refractivity contribution in [1.29, 1.82) is 0 Å². The molecule has 0 bridgehead atoms. The number of carbonyl (C=O) groups is 2. The van der Waals surface area contributed by atoms with Crippen LogP contribution in [-0.2, 0) is 19.6 Å². The molecule has 2 aromatic rings. The third kappa shape index (κ3) is 4.49. The van der Waals surface area contributed by atoms with Crippen LogP contribution in [0.2, 0.25) is 0 Å². The van der Waals surface area contributed by atoms with E-state index in [1.54, 1.807) is 24.3 Å². The van der Waals surface area contributed by atoms with E-state index in [9.17, 15) is 18.0 Å². The van der Waals surface area contributed by atoms with Crippen molar-refractivity contribution < 1.29 is 27.5 Å². The van der Waals surface area contributed by atoms with E-state index in [1.165, 1.54) is 29.6 Å². The number of hydrogen-bond donors (Lipinski definition) is 1. The summed E-state index contributed by atoms with van der Waals surface area (Å²) in [4.78, 5) is 24.8. The Bertz CT molecular complexity index is 1120. The maximum absolute atomic E-state index is 13.1. The summed E-state index contributed by atoms with van der Waals surface area (Å²) in [6.45, 7) is 0.977. The monoisotopic (exact) mass is 458 g/mol. The molecule has 0 aromatic heterocycles. The number of nitrogens with one attached hydrogen (secondary N) is 1. The number of fused-ring (bicyclic) bond motifs is 1. The van der Waals surface area contributed by atoms with Crippen molar-refractivity contribution in [1.82, 2.24) is 4.31 Å². The van der Waals surface area contributed by atoms with Crippen LogP contribution >= 0.6 is 0 Å².